The second-order valence-electron chi connectivity index (χ2n) is 5.06. The van der Waals surface area contributed by atoms with E-state index in [1.54, 1.807) is 31.2 Å². The lowest BCUT2D eigenvalue weighted by Gasteiger charge is -2.06. The molecule has 0 aliphatic carbocycles. The monoisotopic (exact) mass is 364 g/mol. The summed E-state index contributed by atoms with van der Waals surface area (Å²) in [7, 11) is -3.61. The second kappa shape index (κ2) is 6.62. The van der Waals surface area contributed by atoms with Gasteiger partial charge in [-0.15, -0.1) is 11.3 Å². The van der Waals surface area contributed by atoms with Crippen LogP contribution in [0.4, 0.5) is 17.3 Å². The smallest absolute Gasteiger partial charge is 0.272 e. The Morgan fingerprint density at radius 3 is 2.62 bits per heavy atom. The Morgan fingerprint density at radius 2 is 2.04 bits per heavy atom. The Hall–Kier alpha value is -2.39. The first-order valence-electron chi connectivity index (χ1n) is 7.24. The van der Waals surface area contributed by atoms with E-state index in [0.29, 0.717) is 17.3 Å². The summed E-state index contributed by atoms with van der Waals surface area (Å²) in [5.74, 6) is 1.51. The molecular weight excluding hydrogens is 348 g/mol. The summed E-state index contributed by atoms with van der Waals surface area (Å²) < 4.78 is 32.4. The van der Waals surface area contributed by atoms with Gasteiger partial charge in [-0.2, -0.15) is 0 Å². The van der Waals surface area contributed by atoms with Gasteiger partial charge in [0, 0.05) is 10.9 Å². The van der Waals surface area contributed by atoms with E-state index in [2.05, 4.69) is 20.2 Å². The number of aryl methyl sites for hydroxylation is 2. The molecule has 0 atom stereocenters. The molecule has 0 aromatic carbocycles. The number of anilines is 3. The van der Waals surface area contributed by atoms with Gasteiger partial charge in [-0.1, -0.05) is 12.1 Å². The van der Waals surface area contributed by atoms with Crippen molar-refractivity contribution in [3.63, 3.8) is 0 Å². The van der Waals surface area contributed by atoms with Crippen LogP contribution < -0.4 is 10.0 Å². The molecule has 0 amide bonds. The van der Waals surface area contributed by atoms with Gasteiger partial charge in [0.05, 0.1) is 11.9 Å². The Labute approximate surface area is 143 Å². The van der Waals surface area contributed by atoms with Crippen molar-refractivity contribution in [2.45, 2.75) is 24.5 Å². The average Bonchev–Trinajstić information content (AvgIpc) is 3.18. The van der Waals surface area contributed by atoms with Crippen LogP contribution in [-0.2, 0) is 16.4 Å². The van der Waals surface area contributed by atoms with Crippen LogP contribution in [-0.4, -0.2) is 18.6 Å². The second-order valence-corrected chi connectivity index (χ2v) is 8.14. The van der Waals surface area contributed by atoms with Gasteiger partial charge >= 0.3 is 0 Å². The molecule has 3 aromatic heterocycles. The maximum absolute atomic E-state index is 12.3. The number of pyridine rings is 1. The topological polar surface area (TPSA) is 97.1 Å². The van der Waals surface area contributed by atoms with Crippen LogP contribution in [0.15, 0.2) is 45.3 Å². The number of sulfonamides is 1. The Balaban J connectivity index is 1.71. The van der Waals surface area contributed by atoms with Crippen molar-refractivity contribution in [3.8, 4) is 0 Å². The van der Waals surface area contributed by atoms with Crippen LogP contribution in [0.5, 0.6) is 0 Å². The molecule has 3 rings (SSSR count). The number of aromatic nitrogens is 2. The molecule has 24 heavy (non-hydrogen) atoms. The van der Waals surface area contributed by atoms with Gasteiger partial charge in [0.15, 0.2) is 5.82 Å². The number of hydrogen-bond donors (Lipinski definition) is 2. The summed E-state index contributed by atoms with van der Waals surface area (Å²) in [5.41, 5.74) is 0.677. The van der Waals surface area contributed by atoms with Crippen molar-refractivity contribution >= 4 is 38.7 Å². The summed E-state index contributed by atoms with van der Waals surface area (Å²) in [5, 5.41) is 6.83. The minimum absolute atomic E-state index is 0.253. The van der Waals surface area contributed by atoms with Crippen molar-refractivity contribution in [2.24, 2.45) is 0 Å². The van der Waals surface area contributed by atoms with E-state index in [9.17, 15) is 8.42 Å². The molecule has 2 N–H and O–H groups in total. The molecule has 0 aliphatic heterocycles. The molecule has 0 saturated heterocycles. The lowest BCUT2D eigenvalue weighted by Crippen LogP contribution is -2.12. The van der Waals surface area contributed by atoms with Crippen LogP contribution in [0.2, 0.25) is 0 Å². The fourth-order valence-electron chi connectivity index (χ4n) is 1.98. The molecule has 9 heteroatoms. The largest absolute Gasteiger partial charge is 0.360 e. The highest BCUT2D eigenvalue weighted by Gasteiger charge is 2.17. The van der Waals surface area contributed by atoms with Gasteiger partial charge in [-0.05, 0) is 37.6 Å². The van der Waals surface area contributed by atoms with Crippen LogP contribution in [0, 0.1) is 6.92 Å². The normalized spacial score (nSPS) is 11.4. The highest BCUT2D eigenvalue weighted by molar-refractivity contribution is 7.94. The fourth-order valence-corrected chi connectivity index (χ4v) is 4.29. The molecule has 0 bridgehead atoms. The Bertz CT molecular complexity index is 930. The minimum Gasteiger partial charge on any atom is -0.360 e. The van der Waals surface area contributed by atoms with Gasteiger partial charge in [0.2, 0.25) is 0 Å². The first kappa shape index (κ1) is 16.5. The lowest BCUT2D eigenvalue weighted by atomic mass is 10.4. The van der Waals surface area contributed by atoms with Gasteiger partial charge in [0.1, 0.15) is 15.8 Å². The minimum atomic E-state index is -3.61. The molecule has 0 radical (unpaired) electrons. The van der Waals surface area contributed by atoms with Crippen molar-refractivity contribution in [2.75, 3.05) is 10.0 Å². The van der Waals surface area contributed by atoms with Gasteiger partial charge in [-0.3, -0.25) is 4.72 Å². The first-order valence-corrected chi connectivity index (χ1v) is 9.54. The van der Waals surface area contributed by atoms with Crippen LogP contribution in [0.25, 0.3) is 0 Å². The average molecular weight is 364 g/mol. The lowest BCUT2D eigenvalue weighted by molar-refractivity contribution is 0.400. The number of nitrogens with zero attached hydrogens (tertiary/aromatic N) is 2. The SMILES string of the molecule is CCc1ccc(S(=O)(=O)Nc2ccc(Nc3cc(C)on3)cn2)s1. The molecule has 7 nitrogen and oxygen atoms in total. The Morgan fingerprint density at radius 1 is 1.21 bits per heavy atom. The van der Waals surface area contributed by atoms with Crippen molar-refractivity contribution in [1.82, 2.24) is 10.1 Å². The predicted octanol–water partition coefficient (Wildman–Crippen LogP) is 3.55. The third kappa shape index (κ3) is 3.74. The zero-order valence-corrected chi connectivity index (χ0v) is 14.7. The molecule has 0 spiro atoms. The number of thiophene rings is 1. The Kier molecular flexibility index (Phi) is 4.54. The van der Waals surface area contributed by atoms with E-state index < -0.39 is 10.0 Å². The van der Waals surface area contributed by atoms with Crippen molar-refractivity contribution in [3.05, 3.63) is 47.2 Å². The molecule has 0 unspecified atom stereocenters. The molecule has 0 saturated carbocycles. The summed E-state index contributed by atoms with van der Waals surface area (Å²) in [6.45, 7) is 3.78. The van der Waals surface area contributed by atoms with Crippen molar-refractivity contribution in [1.29, 1.82) is 0 Å². The summed E-state index contributed by atoms with van der Waals surface area (Å²) in [6.07, 6.45) is 2.33. The molecule has 3 heterocycles. The van der Waals surface area contributed by atoms with E-state index in [4.69, 9.17) is 4.52 Å². The maximum atomic E-state index is 12.3. The highest BCUT2D eigenvalue weighted by Crippen LogP contribution is 2.24. The van der Waals surface area contributed by atoms with Crippen LogP contribution in [0.3, 0.4) is 0 Å². The molecule has 126 valence electrons. The zero-order valence-electron chi connectivity index (χ0n) is 13.1. The number of hydrogen-bond acceptors (Lipinski definition) is 7. The molecule has 0 fully saturated rings. The maximum Gasteiger partial charge on any atom is 0.272 e. The van der Waals surface area contributed by atoms with Crippen molar-refractivity contribution < 1.29 is 12.9 Å². The fraction of sp³-hybridized carbons (Fsp3) is 0.200. The standard InChI is InChI=1S/C15H16N4O3S2/c1-3-12-5-7-15(23-12)24(20,21)19-13-6-4-11(9-16-13)17-14-8-10(2)22-18-14/h4-9H,3H2,1-2H3,(H,16,19)(H,17,18). The van der Waals surface area contributed by atoms with Crippen LogP contribution >= 0.6 is 11.3 Å². The first-order chi connectivity index (χ1) is 11.5. The van der Waals surface area contributed by atoms with E-state index in [-0.39, 0.29) is 10.0 Å². The predicted molar refractivity (Wildman–Crippen MR) is 93.3 cm³/mol. The van der Waals surface area contributed by atoms with E-state index in [1.807, 2.05) is 13.0 Å². The van der Waals surface area contributed by atoms with Gasteiger partial charge in [0.25, 0.3) is 10.0 Å². The third-order valence-electron chi connectivity index (χ3n) is 3.15. The molecule has 3 aromatic rings. The highest BCUT2D eigenvalue weighted by atomic mass is 32.2. The number of rotatable bonds is 6. The zero-order chi connectivity index (χ0) is 17.2. The van der Waals surface area contributed by atoms with E-state index in [1.165, 1.54) is 17.5 Å². The number of nitrogens with one attached hydrogen (secondary N) is 2. The third-order valence-corrected chi connectivity index (χ3v) is 6.23. The summed E-state index contributed by atoms with van der Waals surface area (Å²) >= 11 is 1.26. The van der Waals surface area contributed by atoms with Gasteiger partial charge in [-0.25, -0.2) is 13.4 Å². The summed E-state index contributed by atoms with van der Waals surface area (Å²) in [6, 6.07) is 8.47. The molecule has 0 aliphatic rings. The van der Waals surface area contributed by atoms with E-state index >= 15 is 0 Å². The van der Waals surface area contributed by atoms with Gasteiger partial charge < -0.3 is 9.84 Å². The summed E-state index contributed by atoms with van der Waals surface area (Å²) in [4.78, 5) is 5.13. The van der Waals surface area contributed by atoms with Crippen LogP contribution in [0.1, 0.15) is 17.6 Å². The quantitative estimate of drug-likeness (QED) is 0.694. The van der Waals surface area contributed by atoms with E-state index in [0.717, 1.165) is 11.3 Å². The molecular formula is C15H16N4O3S2.